The van der Waals surface area contributed by atoms with Crippen molar-refractivity contribution < 1.29 is 13.2 Å². The Morgan fingerprint density at radius 3 is 2.37 bits per heavy atom. The van der Waals surface area contributed by atoms with E-state index >= 15 is 0 Å². The molecular formula is C13H16BrNO3S. The highest BCUT2D eigenvalue weighted by atomic mass is 79.9. The summed E-state index contributed by atoms with van der Waals surface area (Å²) in [6.45, 7) is 1.45. The van der Waals surface area contributed by atoms with Gasteiger partial charge in [0.2, 0.25) is 10.0 Å². The van der Waals surface area contributed by atoms with E-state index in [0.29, 0.717) is 5.56 Å². The molecule has 0 bridgehead atoms. The van der Waals surface area contributed by atoms with Gasteiger partial charge in [-0.3, -0.25) is 4.79 Å². The summed E-state index contributed by atoms with van der Waals surface area (Å²) in [5.41, 5.74) is 0.512. The average molecular weight is 346 g/mol. The highest BCUT2D eigenvalue weighted by Gasteiger charge is 2.29. The van der Waals surface area contributed by atoms with Crippen LogP contribution in [0.25, 0.3) is 0 Å². The topological polar surface area (TPSA) is 63.2 Å². The third-order valence-corrected chi connectivity index (χ3v) is 5.91. The summed E-state index contributed by atoms with van der Waals surface area (Å²) in [6, 6.07) is 5.96. The van der Waals surface area contributed by atoms with Gasteiger partial charge >= 0.3 is 0 Å². The van der Waals surface area contributed by atoms with Gasteiger partial charge in [0.05, 0.1) is 4.90 Å². The Labute approximate surface area is 121 Å². The van der Waals surface area contributed by atoms with E-state index in [1.54, 1.807) is 0 Å². The Morgan fingerprint density at radius 2 is 1.89 bits per heavy atom. The number of sulfonamides is 1. The van der Waals surface area contributed by atoms with Crippen LogP contribution >= 0.6 is 15.9 Å². The van der Waals surface area contributed by atoms with Crippen molar-refractivity contribution in [3.63, 3.8) is 0 Å². The number of carbonyl (C=O) groups is 1. The van der Waals surface area contributed by atoms with Gasteiger partial charge in [-0.1, -0.05) is 34.5 Å². The van der Waals surface area contributed by atoms with E-state index in [2.05, 4.69) is 20.7 Å². The van der Waals surface area contributed by atoms with Gasteiger partial charge in [0.25, 0.3) is 0 Å². The Kier molecular flexibility index (Phi) is 4.43. The van der Waals surface area contributed by atoms with Crippen LogP contribution < -0.4 is 4.72 Å². The molecule has 19 heavy (non-hydrogen) atoms. The van der Waals surface area contributed by atoms with Crippen LogP contribution in [0.5, 0.6) is 0 Å². The predicted octanol–water partition coefficient (Wildman–Crippen LogP) is 2.48. The molecule has 1 aliphatic rings. The lowest BCUT2D eigenvalue weighted by molar-refractivity contribution is 0.101. The van der Waals surface area contributed by atoms with E-state index < -0.39 is 10.0 Å². The number of halogens is 1. The normalized spacial score (nSPS) is 23.5. The summed E-state index contributed by atoms with van der Waals surface area (Å²) in [5.74, 6) is -0.0757. The van der Waals surface area contributed by atoms with Crippen molar-refractivity contribution in [1.29, 1.82) is 0 Å². The fourth-order valence-electron chi connectivity index (χ4n) is 2.18. The molecule has 1 fully saturated rings. The van der Waals surface area contributed by atoms with E-state index in [1.165, 1.54) is 31.2 Å². The number of Topliss-reactive ketones (excluding diaryl/α,β-unsaturated/α-hetero) is 1. The number of benzene rings is 1. The van der Waals surface area contributed by atoms with Crippen molar-refractivity contribution in [2.24, 2.45) is 0 Å². The van der Waals surface area contributed by atoms with Gasteiger partial charge in [-0.25, -0.2) is 13.1 Å². The number of ketones is 1. The Balaban J connectivity index is 2.17. The molecule has 0 saturated heterocycles. The molecule has 1 saturated carbocycles. The second-order valence-corrected chi connectivity index (χ2v) is 7.65. The number of carbonyl (C=O) groups excluding carboxylic acids is 1. The second kappa shape index (κ2) is 5.73. The number of hydrogen-bond donors (Lipinski definition) is 1. The first-order chi connectivity index (χ1) is 8.90. The largest absolute Gasteiger partial charge is 0.295 e. The lowest BCUT2D eigenvalue weighted by Gasteiger charge is -2.16. The van der Waals surface area contributed by atoms with Gasteiger partial charge in [0, 0.05) is 16.4 Å². The van der Waals surface area contributed by atoms with E-state index in [-0.39, 0.29) is 21.5 Å². The molecule has 4 nitrogen and oxygen atoms in total. The predicted molar refractivity (Wildman–Crippen MR) is 77.1 cm³/mol. The zero-order valence-electron chi connectivity index (χ0n) is 10.6. The van der Waals surface area contributed by atoms with Crippen LogP contribution in [0.3, 0.4) is 0 Å². The minimum absolute atomic E-state index is 0.0579. The summed E-state index contributed by atoms with van der Waals surface area (Å²) in [7, 11) is -3.51. The first-order valence-electron chi connectivity index (χ1n) is 6.17. The van der Waals surface area contributed by atoms with E-state index in [1.807, 2.05) is 0 Å². The van der Waals surface area contributed by atoms with Crippen LogP contribution in [0.4, 0.5) is 0 Å². The lowest BCUT2D eigenvalue weighted by atomic mass is 10.2. The zero-order chi connectivity index (χ0) is 14.0. The van der Waals surface area contributed by atoms with Crippen LogP contribution in [0.2, 0.25) is 0 Å². The van der Waals surface area contributed by atoms with Crippen molar-refractivity contribution in [1.82, 2.24) is 4.72 Å². The fraction of sp³-hybridized carbons (Fsp3) is 0.462. The summed E-state index contributed by atoms with van der Waals surface area (Å²) in [5, 5.41) is 0. The third kappa shape index (κ3) is 3.43. The van der Waals surface area contributed by atoms with Crippen LogP contribution in [0, 0.1) is 0 Å². The monoisotopic (exact) mass is 345 g/mol. The number of rotatable bonds is 4. The van der Waals surface area contributed by atoms with E-state index in [0.717, 1.165) is 19.3 Å². The van der Waals surface area contributed by atoms with Gasteiger partial charge in [-0.2, -0.15) is 0 Å². The molecule has 104 valence electrons. The first kappa shape index (κ1) is 14.7. The number of alkyl halides is 1. The van der Waals surface area contributed by atoms with Gasteiger partial charge in [0.15, 0.2) is 5.78 Å². The summed E-state index contributed by atoms with van der Waals surface area (Å²) in [4.78, 5) is 11.5. The molecule has 0 spiro atoms. The van der Waals surface area contributed by atoms with E-state index in [9.17, 15) is 13.2 Å². The van der Waals surface area contributed by atoms with Crippen molar-refractivity contribution in [2.45, 2.75) is 42.0 Å². The Morgan fingerprint density at radius 1 is 1.26 bits per heavy atom. The highest BCUT2D eigenvalue weighted by molar-refractivity contribution is 9.09. The maximum absolute atomic E-state index is 12.2. The molecule has 1 aromatic rings. The van der Waals surface area contributed by atoms with Crippen LogP contribution in [0.1, 0.15) is 36.5 Å². The molecule has 1 aliphatic carbocycles. The van der Waals surface area contributed by atoms with E-state index in [4.69, 9.17) is 0 Å². The smallest absolute Gasteiger partial charge is 0.240 e. The molecule has 2 unspecified atom stereocenters. The summed E-state index contributed by atoms with van der Waals surface area (Å²) in [6.07, 6.45) is 2.85. The van der Waals surface area contributed by atoms with Gasteiger partial charge in [-0.15, -0.1) is 0 Å². The van der Waals surface area contributed by atoms with Crippen LogP contribution in [-0.2, 0) is 10.0 Å². The molecular weight excluding hydrogens is 330 g/mol. The van der Waals surface area contributed by atoms with Gasteiger partial charge < -0.3 is 0 Å². The maximum atomic E-state index is 12.2. The standard InChI is InChI=1S/C13H16BrNO3S/c1-9(16)10-5-7-11(8-6-10)19(17,18)15-13-4-2-3-12(13)14/h5-8,12-13,15H,2-4H2,1H3. The summed E-state index contributed by atoms with van der Waals surface area (Å²) < 4.78 is 27.1. The third-order valence-electron chi connectivity index (χ3n) is 3.31. The Hall–Kier alpha value is -0.720. The fourth-order valence-corrected chi connectivity index (χ4v) is 4.39. The van der Waals surface area contributed by atoms with Crippen molar-refractivity contribution >= 4 is 31.7 Å². The molecule has 1 N–H and O–H groups in total. The highest BCUT2D eigenvalue weighted by Crippen LogP contribution is 2.27. The minimum atomic E-state index is -3.51. The maximum Gasteiger partial charge on any atom is 0.240 e. The molecule has 0 aromatic heterocycles. The molecule has 0 amide bonds. The van der Waals surface area contributed by atoms with Crippen molar-refractivity contribution in [2.75, 3.05) is 0 Å². The summed E-state index contributed by atoms with van der Waals surface area (Å²) >= 11 is 3.49. The second-order valence-electron chi connectivity index (χ2n) is 4.76. The molecule has 2 rings (SSSR count). The van der Waals surface area contributed by atoms with Gasteiger partial charge in [-0.05, 0) is 31.9 Å². The van der Waals surface area contributed by atoms with Crippen LogP contribution in [-0.4, -0.2) is 25.1 Å². The lowest BCUT2D eigenvalue weighted by Crippen LogP contribution is -2.37. The number of hydrogen-bond acceptors (Lipinski definition) is 3. The minimum Gasteiger partial charge on any atom is -0.295 e. The molecule has 2 atom stereocenters. The molecule has 6 heteroatoms. The SMILES string of the molecule is CC(=O)c1ccc(S(=O)(=O)NC2CCCC2Br)cc1. The quantitative estimate of drug-likeness (QED) is 0.673. The van der Waals surface area contributed by atoms with Crippen LogP contribution in [0.15, 0.2) is 29.2 Å². The first-order valence-corrected chi connectivity index (χ1v) is 8.57. The molecule has 0 heterocycles. The van der Waals surface area contributed by atoms with Crippen molar-refractivity contribution in [3.05, 3.63) is 29.8 Å². The Bertz CT molecular complexity index is 568. The van der Waals surface area contributed by atoms with Crippen molar-refractivity contribution in [3.8, 4) is 0 Å². The van der Waals surface area contributed by atoms with Gasteiger partial charge in [0.1, 0.15) is 0 Å². The zero-order valence-corrected chi connectivity index (χ0v) is 13.0. The number of nitrogens with one attached hydrogen (secondary N) is 1. The molecule has 0 radical (unpaired) electrons. The molecule has 1 aromatic carbocycles. The average Bonchev–Trinajstić information content (AvgIpc) is 2.74. The molecule has 0 aliphatic heterocycles.